The van der Waals surface area contributed by atoms with E-state index >= 15 is 0 Å². The zero-order valence-electron chi connectivity index (χ0n) is 18.3. The Morgan fingerprint density at radius 3 is 2.60 bits per heavy atom. The summed E-state index contributed by atoms with van der Waals surface area (Å²) >= 11 is 1.93. The molecular weight excluding hydrogens is 542 g/mol. The number of halogens is 5. The van der Waals surface area contributed by atoms with E-state index in [4.69, 9.17) is 0 Å². The Morgan fingerprint density at radius 2 is 1.94 bits per heavy atom. The van der Waals surface area contributed by atoms with Crippen LogP contribution in [0.4, 0.5) is 31.9 Å². The second kappa shape index (κ2) is 10.5. The number of carbonyl (C=O) groups is 3. The summed E-state index contributed by atoms with van der Waals surface area (Å²) < 4.78 is 68.1. The number of urea groups is 1. The second-order valence-corrected chi connectivity index (χ2v) is 9.03. The van der Waals surface area contributed by atoms with Crippen molar-refractivity contribution in [2.75, 3.05) is 14.1 Å². The molecule has 0 saturated carbocycles. The van der Waals surface area contributed by atoms with E-state index in [-0.39, 0.29) is 68.6 Å². The predicted octanol–water partition coefficient (Wildman–Crippen LogP) is 1.91. The average Bonchev–Trinajstić information content (AvgIpc) is 3.37. The molecule has 3 heterocycles. The van der Waals surface area contributed by atoms with Crippen molar-refractivity contribution >= 4 is 51.1 Å². The van der Waals surface area contributed by atoms with E-state index in [2.05, 4.69) is 10.3 Å². The topological polar surface area (TPSA) is 84.5 Å². The van der Waals surface area contributed by atoms with Gasteiger partial charge in [-0.3, -0.25) is 4.79 Å². The van der Waals surface area contributed by atoms with Crippen molar-refractivity contribution in [2.24, 2.45) is 5.92 Å². The van der Waals surface area contributed by atoms with Crippen molar-refractivity contribution in [2.45, 2.75) is 12.6 Å². The number of alkyl halides is 3. The smallest absolute Gasteiger partial charge is 0.426 e. The van der Waals surface area contributed by atoms with Crippen molar-refractivity contribution in [1.29, 1.82) is 0 Å². The van der Waals surface area contributed by atoms with Gasteiger partial charge in [0.2, 0.25) is 0 Å². The molecule has 4 rings (SSSR count). The first-order valence-electron chi connectivity index (χ1n) is 9.43. The Kier molecular flexibility index (Phi) is 8.40. The van der Waals surface area contributed by atoms with Crippen molar-refractivity contribution in [3.8, 4) is 11.3 Å². The van der Waals surface area contributed by atoms with Gasteiger partial charge in [-0.2, -0.15) is 38.8 Å². The first-order valence-corrected chi connectivity index (χ1v) is 11.2. The maximum Gasteiger partial charge on any atom is 1.00 e. The van der Waals surface area contributed by atoms with Crippen LogP contribution in [-0.4, -0.2) is 51.4 Å². The number of imide groups is 1. The molecule has 0 N–H and O–H groups in total. The van der Waals surface area contributed by atoms with E-state index in [0.29, 0.717) is 16.7 Å². The molecule has 0 saturated heterocycles. The second-order valence-electron chi connectivity index (χ2n) is 7.30. The van der Waals surface area contributed by atoms with Crippen LogP contribution in [0.15, 0.2) is 28.5 Å². The molecule has 1 unspecified atom stereocenters. The Morgan fingerprint density at radius 1 is 1.26 bits per heavy atom. The van der Waals surface area contributed by atoms with Gasteiger partial charge >= 0.3 is 69.5 Å². The number of nitrogens with zero attached hydrogens (tertiary/aromatic N) is 4. The molecule has 15 heteroatoms. The van der Waals surface area contributed by atoms with E-state index in [0.717, 1.165) is 34.1 Å². The summed E-state index contributed by atoms with van der Waals surface area (Å²) in [6.45, 7) is 0. The number of fused-ring (bicyclic) bond motifs is 1. The molecule has 1 aromatic heterocycles. The maximum atomic E-state index is 14.4. The van der Waals surface area contributed by atoms with Crippen LogP contribution in [0.5, 0.6) is 0 Å². The van der Waals surface area contributed by atoms with Crippen LogP contribution in [0.3, 0.4) is 0 Å². The molecule has 2 aliphatic rings. The van der Waals surface area contributed by atoms with Gasteiger partial charge < -0.3 is 10.3 Å². The van der Waals surface area contributed by atoms with Gasteiger partial charge in [0.05, 0.1) is 14.1 Å². The third kappa shape index (κ3) is 5.31. The third-order valence-corrected chi connectivity index (χ3v) is 7.06. The van der Waals surface area contributed by atoms with Gasteiger partial charge in [-0.15, -0.1) is 0 Å². The molecule has 178 valence electrons. The number of thioether (sulfide) groups is 1. The van der Waals surface area contributed by atoms with Crippen molar-refractivity contribution in [3.63, 3.8) is 0 Å². The van der Waals surface area contributed by atoms with Crippen LogP contribution in [0.25, 0.3) is 16.6 Å². The summed E-state index contributed by atoms with van der Waals surface area (Å²) in [5, 5.41) is 6.90. The summed E-state index contributed by atoms with van der Waals surface area (Å²) in [7, 11) is 2.85. The number of aromatic nitrogens is 1. The van der Waals surface area contributed by atoms with E-state index in [1.54, 1.807) is 5.41 Å². The van der Waals surface area contributed by atoms with Gasteiger partial charge in [-0.1, -0.05) is 11.8 Å². The van der Waals surface area contributed by atoms with Gasteiger partial charge in [0.25, 0.3) is 0 Å². The molecule has 2 aliphatic heterocycles. The number of amides is 4. The Hall–Kier alpha value is -1.49. The Balaban J connectivity index is 0.00000342. The largest absolute Gasteiger partial charge is 1.00 e. The fraction of sp³-hybridized carbons (Fsp3) is 0.250. The molecule has 1 atom stereocenters. The van der Waals surface area contributed by atoms with Crippen LogP contribution in [0, 0.1) is 17.6 Å². The molecule has 0 radical (unpaired) electrons. The minimum Gasteiger partial charge on any atom is -0.426 e. The molecule has 0 spiro atoms. The van der Waals surface area contributed by atoms with Gasteiger partial charge in [0.1, 0.15) is 17.2 Å². The van der Waals surface area contributed by atoms with Crippen molar-refractivity contribution in [3.05, 3.63) is 51.0 Å². The summed E-state index contributed by atoms with van der Waals surface area (Å²) in [6, 6.07) is 0.814. The molecule has 0 aliphatic carbocycles. The molecule has 2 aromatic rings. The molecule has 7 nitrogen and oxygen atoms in total. The van der Waals surface area contributed by atoms with Crippen molar-refractivity contribution < 1.29 is 92.3 Å². The number of carbonyl (C=O) groups excluding carboxylic acids is 3. The number of benzene rings is 1. The van der Waals surface area contributed by atoms with Gasteiger partial charge in [0.15, 0.2) is 16.9 Å². The molecule has 0 bridgehead atoms. The number of rotatable bonds is 4. The van der Waals surface area contributed by atoms with Crippen LogP contribution >= 0.6 is 23.1 Å². The van der Waals surface area contributed by atoms with Crippen LogP contribution in [-0.2, 0) is 15.8 Å². The summed E-state index contributed by atoms with van der Waals surface area (Å²) in [5.74, 6) is -5.54. The summed E-state index contributed by atoms with van der Waals surface area (Å²) in [4.78, 5) is 41.9. The standard InChI is InChI=1S/C20H13F5N4O3S2.K/c1-28-16(31)13-8(6-33-17(13)29(2)19(28)32)5-12(30)27-18-26-11(7-34-18)9-3-4-10(21)14(15(9)22)20(23,24)25;/h3-4,6-7,13H,5H2,1-2H3;/q;+1. The normalized spacial score (nSPS) is 17.9. The molecule has 35 heavy (non-hydrogen) atoms. The molecule has 0 fully saturated rings. The maximum absolute atomic E-state index is 14.4. The van der Waals surface area contributed by atoms with Gasteiger partial charge in [0, 0.05) is 17.1 Å². The van der Waals surface area contributed by atoms with Gasteiger partial charge in [-0.25, -0.2) is 13.6 Å². The minimum absolute atomic E-state index is 0. The Bertz CT molecular complexity index is 1310. The van der Waals surface area contributed by atoms with Crippen LogP contribution in [0.2, 0.25) is 0 Å². The Labute approximate surface area is 245 Å². The first-order chi connectivity index (χ1) is 15.9. The molecule has 1 aromatic carbocycles. The number of thiazole rings is 1. The summed E-state index contributed by atoms with van der Waals surface area (Å²) in [5.41, 5.74) is -2.43. The van der Waals surface area contributed by atoms with E-state index in [9.17, 15) is 36.3 Å². The van der Waals surface area contributed by atoms with E-state index < -0.39 is 52.7 Å². The quantitative estimate of drug-likeness (QED) is 0.327. The zero-order valence-corrected chi connectivity index (χ0v) is 23.1. The van der Waals surface area contributed by atoms with Crippen molar-refractivity contribution in [1.82, 2.24) is 9.88 Å². The fourth-order valence-corrected chi connectivity index (χ4v) is 5.31. The number of hydrogen-bond donors (Lipinski definition) is 0. The van der Waals surface area contributed by atoms with E-state index in [1.807, 2.05) is 0 Å². The fourth-order valence-electron chi connectivity index (χ4n) is 3.49. The zero-order chi connectivity index (χ0) is 24.9. The number of hydrogen-bond acceptors (Lipinski definition) is 6. The molecular formula is C20H13F5KN4O3S2+. The first kappa shape index (κ1) is 28.1. The third-order valence-electron chi connectivity index (χ3n) is 5.15. The van der Waals surface area contributed by atoms with Gasteiger partial charge in [-0.05, 0) is 34.2 Å². The van der Waals surface area contributed by atoms with Crippen LogP contribution < -0.4 is 51.4 Å². The average molecular weight is 556 g/mol. The summed E-state index contributed by atoms with van der Waals surface area (Å²) in [6.07, 6.45) is -5.50. The SMILES string of the molecule is CN1C(=O)C2C(CC(=O)[N-]c3nc(-c4ccc(F)c(C(F)(F)F)c4F)cs3)=CSC2=[N+](C)C1=O.[K+]. The predicted molar refractivity (Wildman–Crippen MR) is 114 cm³/mol. The van der Waals surface area contributed by atoms with E-state index in [1.165, 1.54) is 24.1 Å². The molecule has 4 amide bonds. The minimum atomic E-state index is -5.24. The van der Waals surface area contributed by atoms with Crippen LogP contribution in [0.1, 0.15) is 12.0 Å². The monoisotopic (exact) mass is 555 g/mol.